The van der Waals surface area contributed by atoms with Crippen LogP contribution in [-0.4, -0.2) is 123 Å². The first-order chi connectivity index (χ1) is 16.2. The van der Waals surface area contributed by atoms with E-state index in [0.717, 1.165) is 13.0 Å². The molecule has 0 bridgehead atoms. The van der Waals surface area contributed by atoms with Crippen LogP contribution in [0, 0.1) is 5.41 Å². The van der Waals surface area contributed by atoms with E-state index < -0.39 is 5.41 Å². The van der Waals surface area contributed by atoms with Crippen molar-refractivity contribution >= 4 is 37.9 Å². The third kappa shape index (κ3) is 22.9. The molecular formula is C22H46O8S3. The molecule has 0 saturated carbocycles. The lowest BCUT2D eigenvalue weighted by molar-refractivity contribution is -0.120. The van der Waals surface area contributed by atoms with E-state index in [4.69, 9.17) is 37.9 Å². The Labute approximate surface area is 217 Å². The zero-order chi connectivity index (χ0) is 24.3. The van der Waals surface area contributed by atoms with Gasteiger partial charge in [0.2, 0.25) is 0 Å². The standard InChI is InChI=1S/C22H46O8S3/c1-2-3-23-4-8-27-18-22(19-28-9-5-24-12-15-31,20-29-10-6-25-13-16-32)21-30-11-7-26-14-17-33/h31-33H,2-21H2,1H3. The van der Waals surface area contributed by atoms with Gasteiger partial charge in [-0.25, -0.2) is 0 Å². The lowest BCUT2D eigenvalue weighted by atomic mass is 9.92. The molecule has 0 saturated heterocycles. The van der Waals surface area contributed by atoms with Crippen molar-refractivity contribution in [3.8, 4) is 0 Å². The van der Waals surface area contributed by atoms with E-state index in [2.05, 4.69) is 44.8 Å². The smallest absolute Gasteiger partial charge is 0.0700 e. The van der Waals surface area contributed by atoms with Crippen LogP contribution < -0.4 is 0 Å². The minimum absolute atomic E-state index is 0.419. The van der Waals surface area contributed by atoms with Crippen molar-refractivity contribution in [3.63, 3.8) is 0 Å². The molecule has 0 spiro atoms. The second-order valence-corrected chi connectivity index (χ2v) is 8.67. The zero-order valence-corrected chi connectivity index (χ0v) is 22.9. The summed E-state index contributed by atoms with van der Waals surface area (Å²) in [5.41, 5.74) is -0.471. The van der Waals surface area contributed by atoms with Crippen molar-refractivity contribution < 1.29 is 37.9 Å². The lowest BCUT2D eigenvalue weighted by Crippen LogP contribution is -2.43. The number of thiol groups is 3. The van der Waals surface area contributed by atoms with Crippen molar-refractivity contribution in [2.75, 3.05) is 123 Å². The van der Waals surface area contributed by atoms with Crippen molar-refractivity contribution in [1.29, 1.82) is 0 Å². The molecule has 0 rings (SSSR count). The molecule has 0 aliphatic carbocycles. The number of ether oxygens (including phenoxy) is 8. The van der Waals surface area contributed by atoms with Gasteiger partial charge in [0.25, 0.3) is 0 Å². The summed E-state index contributed by atoms with van der Waals surface area (Å²) < 4.78 is 45.6. The SMILES string of the molecule is CCCOCCOCC(COCCOCCS)(COCCOCCS)COCCOCCS. The van der Waals surface area contributed by atoms with E-state index in [0.29, 0.717) is 116 Å². The maximum absolute atomic E-state index is 5.94. The Kier molecular flexibility index (Phi) is 27.9. The summed E-state index contributed by atoms with van der Waals surface area (Å²) in [6.45, 7) is 10.3. The van der Waals surface area contributed by atoms with Crippen LogP contribution in [0.15, 0.2) is 0 Å². The molecule has 0 heterocycles. The minimum Gasteiger partial charge on any atom is -0.379 e. The van der Waals surface area contributed by atoms with Gasteiger partial charge in [0.15, 0.2) is 0 Å². The van der Waals surface area contributed by atoms with Gasteiger partial charge in [-0.2, -0.15) is 37.9 Å². The molecule has 0 fully saturated rings. The van der Waals surface area contributed by atoms with Crippen molar-refractivity contribution in [2.45, 2.75) is 13.3 Å². The predicted octanol–water partition coefficient (Wildman–Crippen LogP) is 2.31. The highest BCUT2D eigenvalue weighted by molar-refractivity contribution is 7.80. The van der Waals surface area contributed by atoms with Gasteiger partial charge >= 0.3 is 0 Å². The van der Waals surface area contributed by atoms with Crippen LogP contribution >= 0.6 is 37.9 Å². The largest absolute Gasteiger partial charge is 0.379 e. The van der Waals surface area contributed by atoms with Crippen molar-refractivity contribution in [3.05, 3.63) is 0 Å². The summed E-state index contributed by atoms with van der Waals surface area (Å²) in [4.78, 5) is 0. The first-order valence-electron chi connectivity index (χ1n) is 11.7. The summed E-state index contributed by atoms with van der Waals surface area (Å²) in [5, 5.41) is 0. The number of hydrogen-bond donors (Lipinski definition) is 3. The average molecular weight is 535 g/mol. The Bertz CT molecular complexity index is 314. The third-order valence-corrected chi connectivity index (χ3v) is 4.72. The zero-order valence-electron chi connectivity index (χ0n) is 20.2. The summed E-state index contributed by atoms with van der Waals surface area (Å²) in [6, 6.07) is 0. The summed E-state index contributed by atoms with van der Waals surface area (Å²) in [5.74, 6) is 2.05. The van der Waals surface area contributed by atoms with Crippen molar-refractivity contribution in [1.82, 2.24) is 0 Å². The molecule has 0 aliphatic rings. The molecule has 33 heavy (non-hydrogen) atoms. The highest BCUT2D eigenvalue weighted by Crippen LogP contribution is 2.21. The fraction of sp³-hybridized carbons (Fsp3) is 1.00. The summed E-state index contributed by atoms with van der Waals surface area (Å²) in [6.07, 6.45) is 0.985. The Morgan fingerprint density at radius 1 is 0.394 bits per heavy atom. The topological polar surface area (TPSA) is 73.8 Å². The van der Waals surface area contributed by atoms with E-state index in [9.17, 15) is 0 Å². The van der Waals surface area contributed by atoms with E-state index in [1.165, 1.54) is 0 Å². The number of hydrogen-bond acceptors (Lipinski definition) is 11. The Balaban J connectivity index is 4.74. The normalized spacial score (nSPS) is 12.0. The predicted molar refractivity (Wildman–Crippen MR) is 141 cm³/mol. The maximum atomic E-state index is 5.94. The molecule has 0 atom stereocenters. The van der Waals surface area contributed by atoms with E-state index in [1.807, 2.05) is 0 Å². The first-order valence-corrected chi connectivity index (χ1v) is 13.6. The van der Waals surface area contributed by atoms with Gasteiger partial charge in [-0.1, -0.05) is 6.92 Å². The third-order valence-electron chi connectivity index (χ3n) is 4.18. The Morgan fingerprint density at radius 3 is 0.939 bits per heavy atom. The Hall–Kier alpha value is 0.730. The van der Waals surface area contributed by atoms with Crippen LogP contribution in [-0.2, 0) is 37.9 Å². The van der Waals surface area contributed by atoms with Gasteiger partial charge in [0.1, 0.15) is 0 Å². The molecule has 0 aromatic rings. The van der Waals surface area contributed by atoms with E-state index in [1.54, 1.807) is 0 Å². The average Bonchev–Trinajstić information content (AvgIpc) is 2.83. The van der Waals surface area contributed by atoms with Crippen LogP contribution in [0.25, 0.3) is 0 Å². The fourth-order valence-corrected chi connectivity index (χ4v) is 3.01. The van der Waals surface area contributed by atoms with Gasteiger partial charge < -0.3 is 37.9 Å². The summed E-state index contributed by atoms with van der Waals surface area (Å²) >= 11 is 12.4. The van der Waals surface area contributed by atoms with Gasteiger partial charge in [0, 0.05) is 23.9 Å². The summed E-state index contributed by atoms with van der Waals surface area (Å²) in [7, 11) is 0. The molecule has 200 valence electrons. The second kappa shape index (κ2) is 27.3. The first kappa shape index (κ1) is 33.7. The highest BCUT2D eigenvalue weighted by Gasteiger charge is 2.32. The minimum atomic E-state index is -0.471. The molecular weight excluding hydrogens is 488 g/mol. The maximum Gasteiger partial charge on any atom is 0.0700 e. The molecule has 0 radical (unpaired) electrons. The lowest BCUT2D eigenvalue weighted by Gasteiger charge is -2.33. The molecule has 0 unspecified atom stereocenters. The van der Waals surface area contributed by atoms with E-state index in [-0.39, 0.29) is 0 Å². The highest BCUT2D eigenvalue weighted by atomic mass is 32.1. The Morgan fingerprint density at radius 2 is 0.667 bits per heavy atom. The van der Waals surface area contributed by atoms with Crippen LogP contribution in [0.2, 0.25) is 0 Å². The van der Waals surface area contributed by atoms with Gasteiger partial charge in [-0.3, -0.25) is 0 Å². The molecule has 0 aromatic heterocycles. The van der Waals surface area contributed by atoms with Crippen LogP contribution in [0.3, 0.4) is 0 Å². The monoisotopic (exact) mass is 534 g/mol. The molecule has 0 aliphatic heterocycles. The molecule has 11 heteroatoms. The van der Waals surface area contributed by atoms with Crippen LogP contribution in [0.5, 0.6) is 0 Å². The molecule has 0 aromatic carbocycles. The molecule has 0 N–H and O–H groups in total. The second-order valence-electron chi connectivity index (χ2n) is 7.33. The molecule has 0 amide bonds. The van der Waals surface area contributed by atoms with Crippen LogP contribution in [0.1, 0.15) is 13.3 Å². The van der Waals surface area contributed by atoms with E-state index >= 15 is 0 Å². The number of rotatable bonds is 28. The quantitative estimate of drug-likeness (QED) is 0.104. The van der Waals surface area contributed by atoms with Gasteiger partial charge in [-0.05, 0) is 6.42 Å². The van der Waals surface area contributed by atoms with Gasteiger partial charge in [-0.15, -0.1) is 0 Å². The fourth-order valence-electron chi connectivity index (χ4n) is 2.62. The van der Waals surface area contributed by atoms with Gasteiger partial charge in [0.05, 0.1) is 105 Å². The van der Waals surface area contributed by atoms with Crippen molar-refractivity contribution in [2.24, 2.45) is 5.41 Å². The van der Waals surface area contributed by atoms with Crippen LogP contribution in [0.4, 0.5) is 0 Å². The molecule has 8 nitrogen and oxygen atoms in total.